The van der Waals surface area contributed by atoms with Crippen LogP contribution in [0.2, 0.25) is 0 Å². The van der Waals surface area contributed by atoms with Crippen LogP contribution in [0.15, 0.2) is 78.9 Å². The van der Waals surface area contributed by atoms with Crippen LogP contribution in [-0.4, -0.2) is 25.3 Å². The molecule has 0 amide bonds. The summed E-state index contributed by atoms with van der Waals surface area (Å²) in [7, 11) is 3.33. The molecule has 0 bridgehead atoms. The molecule has 4 aromatic carbocycles. The van der Waals surface area contributed by atoms with Crippen molar-refractivity contribution in [2.24, 2.45) is 0 Å². The summed E-state index contributed by atoms with van der Waals surface area (Å²) in [5.41, 5.74) is 10.5. The number of ether oxygens (including phenoxy) is 2. The molecule has 0 fully saturated rings. The number of hydrogen-bond donors (Lipinski definition) is 1. The maximum Gasteiger partial charge on any atom is 0.336 e. The Bertz CT molecular complexity index is 1450. The number of benzene rings is 4. The highest BCUT2D eigenvalue weighted by Gasteiger charge is 2.34. The monoisotopic (exact) mass is 432 g/mol. The molecular weight excluding hydrogens is 412 g/mol. The van der Waals surface area contributed by atoms with Crippen molar-refractivity contribution in [3.05, 3.63) is 107 Å². The first-order valence-corrected chi connectivity index (χ1v) is 10.7. The van der Waals surface area contributed by atoms with E-state index in [2.05, 4.69) is 30.3 Å². The Kier molecular flexibility index (Phi) is 4.17. The Hall–Kier alpha value is -4.31. The summed E-state index contributed by atoms with van der Waals surface area (Å²) in [6.07, 6.45) is 0. The number of hydrogen-bond acceptors (Lipinski definition) is 3. The van der Waals surface area contributed by atoms with E-state index in [0.717, 1.165) is 67.2 Å². The van der Waals surface area contributed by atoms with Crippen molar-refractivity contribution >= 4 is 17.1 Å². The van der Waals surface area contributed by atoms with Crippen molar-refractivity contribution < 1.29 is 19.4 Å². The minimum absolute atomic E-state index is 0.318. The van der Waals surface area contributed by atoms with Crippen molar-refractivity contribution in [1.82, 2.24) is 0 Å². The molecule has 6 rings (SSSR count). The predicted octanol–water partition coefficient (Wildman–Crippen LogP) is 6.37. The van der Waals surface area contributed by atoms with Crippen LogP contribution < -0.4 is 9.47 Å². The van der Waals surface area contributed by atoms with Crippen LogP contribution in [0.5, 0.6) is 11.5 Å². The average molecular weight is 432 g/mol. The smallest absolute Gasteiger partial charge is 0.336 e. The second kappa shape index (κ2) is 7.10. The fourth-order valence-corrected chi connectivity index (χ4v) is 5.16. The maximum absolute atomic E-state index is 12.1. The lowest BCUT2D eigenvalue weighted by molar-refractivity contribution is 0.0697. The van der Waals surface area contributed by atoms with E-state index in [4.69, 9.17) is 9.47 Å². The van der Waals surface area contributed by atoms with Crippen LogP contribution in [0.1, 0.15) is 32.6 Å². The SMILES string of the molecule is COc1ccc2c(c1)-c1cc(OC)ccc1C2=C1c2ccccc2-c2c(C(=O)O)cccc21. The standard InChI is InChI=1S/C29H20O4/c1-32-16-10-12-20-24(14-16)25-15-17(33-2)11-13-21(25)27(20)28-19-7-4-3-6-18(19)26-22(28)8-5-9-23(26)29(30)31/h3-15H,1-2H3,(H,30,31). The quantitative estimate of drug-likeness (QED) is 0.353. The van der Waals surface area contributed by atoms with Gasteiger partial charge in [-0.1, -0.05) is 48.5 Å². The van der Waals surface area contributed by atoms with Crippen molar-refractivity contribution in [1.29, 1.82) is 0 Å². The molecule has 1 N–H and O–H groups in total. The van der Waals surface area contributed by atoms with Gasteiger partial charge in [-0.3, -0.25) is 0 Å². The summed E-state index contributed by atoms with van der Waals surface area (Å²) < 4.78 is 11.0. The van der Waals surface area contributed by atoms with Crippen LogP contribution in [0.4, 0.5) is 0 Å². The van der Waals surface area contributed by atoms with Gasteiger partial charge in [0.1, 0.15) is 11.5 Å². The van der Waals surface area contributed by atoms with Crippen LogP contribution in [0.3, 0.4) is 0 Å². The van der Waals surface area contributed by atoms with Gasteiger partial charge < -0.3 is 14.6 Å². The molecule has 0 spiro atoms. The summed E-state index contributed by atoms with van der Waals surface area (Å²) >= 11 is 0. The van der Waals surface area contributed by atoms with Gasteiger partial charge in [0.15, 0.2) is 0 Å². The summed E-state index contributed by atoms with van der Waals surface area (Å²) in [5, 5.41) is 9.91. The number of methoxy groups -OCH3 is 2. The molecule has 0 aromatic heterocycles. The molecule has 4 nitrogen and oxygen atoms in total. The number of carbonyl (C=O) groups is 1. The number of aromatic carboxylic acids is 1. The number of rotatable bonds is 3. The van der Waals surface area contributed by atoms with E-state index < -0.39 is 5.97 Å². The van der Waals surface area contributed by atoms with Crippen molar-refractivity contribution in [3.8, 4) is 33.8 Å². The molecule has 0 heterocycles. The van der Waals surface area contributed by atoms with Crippen molar-refractivity contribution in [2.45, 2.75) is 0 Å². The van der Waals surface area contributed by atoms with Crippen LogP contribution in [0.25, 0.3) is 33.4 Å². The van der Waals surface area contributed by atoms with Crippen LogP contribution >= 0.6 is 0 Å². The Labute approximate surface area is 191 Å². The number of carboxylic acid groups (broad SMARTS) is 1. The molecule has 0 atom stereocenters. The Morgan fingerprint density at radius 3 is 1.70 bits per heavy atom. The Balaban J connectivity index is 1.77. The fraction of sp³-hybridized carbons (Fsp3) is 0.0690. The van der Waals surface area contributed by atoms with Gasteiger partial charge in [0.2, 0.25) is 0 Å². The van der Waals surface area contributed by atoms with Gasteiger partial charge in [0.05, 0.1) is 19.8 Å². The van der Waals surface area contributed by atoms with Gasteiger partial charge in [0, 0.05) is 5.56 Å². The molecule has 2 aliphatic carbocycles. The fourth-order valence-electron chi connectivity index (χ4n) is 5.16. The van der Waals surface area contributed by atoms with Gasteiger partial charge in [-0.05, 0) is 80.4 Å². The highest BCUT2D eigenvalue weighted by molar-refractivity contribution is 6.20. The first-order valence-electron chi connectivity index (χ1n) is 10.7. The normalized spacial score (nSPS) is 12.7. The molecule has 0 saturated heterocycles. The lowest BCUT2D eigenvalue weighted by Crippen LogP contribution is -1.99. The Morgan fingerprint density at radius 1 is 0.606 bits per heavy atom. The van der Waals surface area contributed by atoms with Gasteiger partial charge in [-0.2, -0.15) is 0 Å². The third-order valence-electron chi connectivity index (χ3n) is 6.56. The van der Waals surface area contributed by atoms with Gasteiger partial charge >= 0.3 is 5.97 Å². The molecule has 0 radical (unpaired) electrons. The minimum Gasteiger partial charge on any atom is -0.497 e. The Morgan fingerprint density at radius 2 is 1.12 bits per heavy atom. The molecule has 0 aliphatic heterocycles. The molecule has 160 valence electrons. The summed E-state index contributed by atoms with van der Waals surface area (Å²) in [6.45, 7) is 0. The average Bonchev–Trinajstić information content (AvgIpc) is 3.35. The van der Waals surface area contributed by atoms with Gasteiger partial charge in [0.25, 0.3) is 0 Å². The second-order valence-corrected chi connectivity index (χ2v) is 8.15. The zero-order valence-electron chi connectivity index (χ0n) is 18.2. The van der Waals surface area contributed by atoms with Crippen molar-refractivity contribution in [3.63, 3.8) is 0 Å². The molecule has 4 aromatic rings. The topological polar surface area (TPSA) is 55.8 Å². The molecule has 0 saturated carbocycles. The van der Waals surface area contributed by atoms with E-state index in [0.29, 0.717) is 5.56 Å². The van der Waals surface area contributed by atoms with Gasteiger partial charge in [-0.25, -0.2) is 4.79 Å². The summed E-state index contributed by atoms with van der Waals surface area (Å²) in [6, 6.07) is 25.8. The number of carboxylic acids is 1. The number of fused-ring (bicyclic) bond motifs is 6. The molecular formula is C29H20O4. The van der Waals surface area contributed by atoms with E-state index in [1.807, 2.05) is 42.5 Å². The van der Waals surface area contributed by atoms with Gasteiger partial charge in [-0.15, -0.1) is 0 Å². The summed E-state index contributed by atoms with van der Waals surface area (Å²) in [5.74, 6) is 0.651. The molecule has 0 unspecified atom stereocenters. The third kappa shape index (κ3) is 2.67. The lowest BCUT2D eigenvalue weighted by atomic mass is 9.91. The largest absolute Gasteiger partial charge is 0.497 e. The maximum atomic E-state index is 12.1. The van der Waals surface area contributed by atoms with Crippen LogP contribution in [-0.2, 0) is 0 Å². The first-order chi connectivity index (χ1) is 16.1. The van der Waals surface area contributed by atoms with E-state index in [-0.39, 0.29) is 0 Å². The lowest BCUT2D eigenvalue weighted by Gasteiger charge is -2.12. The van der Waals surface area contributed by atoms with E-state index in [1.165, 1.54) is 0 Å². The zero-order chi connectivity index (χ0) is 22.7. The van der Waals surface area contributed by atoms with Crippen LogP contribution in [0, 0.1) is 0 Å². The molecule has 4 heteroatoms. The molecule has 2 aliphatic rings. The van der Waals surface area contributed by atoms with Crippen molar-refractivity contribution in [2.75, 3.05) is 14.2 Å². The van der Waals surface area contributed by atoms with E-state index in [9.17, 15) is 9.90 Å². The molecule has 33 heavy (non-hydrogen) atoms. The highest BCUT2D eigenvalue weighted by Crippen LogP contribution is 2.55. The summed E-state index contributed by atoms with van der Waals surface area (Å²) in [4.78, 5) is 12.1. The minimum atomic E-state index is -0.922. The predicted molar refractivity (Wildman–Crippen MR) is 129 cm³/mol. The first kappa shape index (κ1) is 19.4. The zero-order valence-corrected chi connectivity index (χ0v) is 18.2. The van der Waals surface area contributed by atoms with E-state index >= 15 is 0 Å². The highest BCUT2D eigenvalue weighted by atomic mass is 16.5. The van der Waals surface area contributed by atoms with E-state index in [1.54, 1.807) is 20.3 Å². The third-order valence-corrected chi connectivity index (χ3v) is 6.56. The second-order valence-electron chi connectivity index (χ2n) is 8.15.